The van der Waals surface area contributed by atoms with E-state index in [0.29, 0.717) is 18.5 Å². The third-order valence-corrected chi connectivity index (χ3v) is 3.97. The van der Waals surface area contributed by atoms with E-state index in [9.17, 15) is 26.3 Å². The summed E-state index contributed by atoms with van der Waals surface area (Å²) in [6.45, 7) is 1.49. The second-order valence-corrected chi connectivity index (χ2v) is 6.24. The quantitative estimate of drug-likeness (QED) is 0.275. The van der Waals surface area contributed by atoms with E-state index in [1.807, 2.05) is 0 Å². The highest BCUT2D eigenvalue weighted by molar-refractivity contribution is 7.80. The zero-order valence-corrected chi connectivity index (χ0v) is 16.0. The molecule has 0 fully saturated rings. The van der Waals surface area contributed by atoms with Crippen LogP contribution >= 0.6 is 12.2 Å². The molecule has 1 atom stereocenters. The lowest BCUT2D eigenvalue weighted by Gasteiger charge is -2.20. The number of hydrogen-bond donors (Lipinski definition) is 3. The van der Waals surface area contributed by atoms with Gasteiger partial charge in [-0.25, -0.2) is 15.0 Å². The van der Waals surface area contributed by atoms with Crippen LogP contribution in [0.4, 0.5) is 32.3 Å². The Morgan fingerprint density at radius 3 is 2.07 bits per heavy atom. The molecule has 30 heavy (non-hydrogen) atoms. The van der Waals surface area contributed by atoms with Crippen molar-refractivity contribution in [1.29, 1.82) is 5.41 Å². The first kappa shape index (κ1) is 23.2. The molecular weight excluding hydrogens is 434 g/mol. The monoisotopic (exact) mass is 448 g/mol. The Kier molecular flexibility index (Phi) is 7.08. The van der Waals surface area contributed by atoms with Gasteiger partial charge in [0, 0.05) is 18.0 Å². The van der Waals surface area contributed by atoms with Gasteiger partial charge < -0.3 is 10.6 Å². The first-order chi connectivity index (χ1) is 13.9. The molecule has 2 rings (SSSR count). The van der Waals surface area contributed by atoms with Crippen LogP contribution in [0.2, 0.25) is 0 Å². The average molecular weight is 448 g/mol. The maximum atomic E-state index is 13.0. The van der Waals surface area contributed by atoms with Gasteiger partial charge in [-0.15, -0.1) is 0 Å². The van der Waals surface area contributed by atoms with Crippen LogP contribution < -0.4 is 10.6 Å². The number of nitrogens with one attached hydrogen (secondary N) is 3. The van der Waals surface area contributed by atoms with E-state index in [-0.39, 0.29) is 22.8 Å². The summed E-state index contributed by atoms with van der Waals surface area (Å²) >= 11 is 5.01. The molecule has 13 heteroatoms. The minimum Gasteiger partial charge on any atom is -0.366 e. The van der Waals surface area contributed by atoms with Gasteiger partial charge in [0.2, 0.25) is 5.95 Å². The predicted molar refractivity (Wildman–Crippen MR) is 103 cm³/mol. The predicted octanol–water partition coefficient (Wildman–Crippen LogP) is 4.29. The Bertz CT molecular complexity index is 910. The molecule has 0 spiro atoms. The van der Waals surface area contributed by atoms with Gasteiger partial charge in [0.25, 0.3) is 0 Å². The maximum absolute atomic E-state index is 13.0. The van der Waals surface area contributed by atoms with Gasteiger partial charge in [0.1, 0.15) is 17.2 Å². The Morgan fingerprint density at radius 2 is 1.60 bits per heavy atom. The molecule has 1 aromatic heterocycles. The third-order valence-electron chi connectivity index (χ3n) is 3.62. The van der Waals surface area contributed by atoms with Crippen LogP contribution in [-0.2, 0) is 12.4 Å². The topological polar surface area (TPSA) is 86.0 Å². The number of halogens is 6. The van der Waals surface area contributed by atoms with Crippen LogP contribution in [0.3, 0.4) is 0 Å². The lowest BCUT2D eigenvalue weighted by atomic mass is 10.0. The third kappa shape index (κ3) is 6.20. The summed E-state index contributed by atoms with van der Waals surface area (Å²) in [7, 11) is 0. The molecule has 0 saturated carbocycles. The smallest absolute Gasteiger partial charge is 0.366 e. The average Bonchev–Trinajstić information content (AvgIpc) is 2.66. The first-order valence-electron chi connectivity index (χ1n) is 8.13. The molecule has 160 valence electrons. The molecule has 0 aliphatic carbocycles. The summed E-state index contributed by atoms with van der Waals surface area (Å²) < 4.78 is 78.2. The first-order valence-corrected chi connectivity index (χ1v) is 8.53. The normalized spacial score (nSPS) is 13.5. The van der Waals surface area contributed by atoms with Gasteiger partial charge in [-0.1, -0.05) is 12.2 Å². The Labute approximate surface area is 172 Å². The summed E-state index contributed by atoms with van der Waals surface area (Å²) in [5.41, 5.74) is -3.43. The number of anilines is 1. The van der Waals surface area contributed by atoms with Crippen LogP contribution in [-0.4, -0.2) is 33.2 Å². The standard InChI is InChI=1S/C17H14F6N6S/c1-9(13(27-8-24)29-15-25-3-2-4-26-15)28-14(30)10-5-11(16(18,19)20)7-12(6-10)17(21,22)23/h2-9H,1H3,(H,28,30)(H2,24,25,26,27,29). The second kappa shape index (κ2) is 9.15. The number of hydrogen-bond acceptors (Lipinski definition) is 4. The summed E-state index contributed by atoms with van der Waals surface area (Å²) in [6, 6.07) is 1.80. The van der Waals surface area contributed by atoms with Gasteiger partial charge >= 0.3 is 12.4 Å². The highest BCUT2D eigenvalue weighted by Gasteiger charge is 2.37. The lowest BCUT2D eigenvalue weighted by Crippen LogP contribution is -2.41. The van der Waals surface area contributed by atoms with Crippen molar-refractivity contribution < 1.29 is 26.3 Å². The van der Waals surface area contributed by atoms with Crippen molar-refractivity contribution >= 4 is 35.3 Å². The Morgan fingerprint density at radius 1 is 1.07 bits per heavy atom. The van der Waals surface area contributed by atoms with Crippen molar-refractivity contribution in [2.75, 3.05) is 5.32 Å². The summed E-state index contributed by atoms with van der Waals surface area (Å²) in [5.74, 6) is 0.192. The van der Waals surface area contributed by atoms with Crippen molar-refractivity contribution in [3.63, 3.8) is 0 Å². The summed E-state index contributed by atoms with van der Waals surface area (Å²) in [6.07, 6.45) is -6.42. The van der Waals surface area contributed by atoms with E-state index >= 15 is 0 Å². The lowest BCUT2D eigenvalue weighted by molar-refractivity contribution is -0.143. The van der Waals surface area contributed by atoms with E-state index < -0.39 is 35.1 Å². The number of rotatable bonds is 5. The molecule has 1 unspecified atom stereocenters. The van der Waals surface area contributed by atoms with Crippen molar-refractivity contribution in [3.05, 3.63) is 53.3 Å². The second-order valence-electron chi connectivity index (χ2n) is 5.83. The van der Waals surface area contributed by atoms with Crippen molar-refractivity contribution in [3.8, 4) is 0 Å². The molecule has 0 amide bonds. The van der Waals surface area contributed by atoms with Crippen molar-refractivity contribution in [1.82, 2.24) is 15.3 Å². The highest BCUT2D eigenvalue weighted by Crippen LogP contribution is 2.36. The molecule has 0 aliphatic heterocycles. The fourth-order valence-electron chi connectivity index (χ4n) is 2.23. The zero-order valence-electron chi connectivity index (χ0n) is 15.1. The largest absolute Gasteiger partial charge is 0.416 e. The molecule has 2 aromatic rings. The van der Waals surface area contributed by atoms with E-state index in [1.165, 1.54) is 19.3 Å². The van der Waals surface area contributed by atoms with Crippen LogP contribution in [0.15, 0.2) is 41.7 Å². The molecule has 3 N–H and O–H groups in total. The molecule has 0 saturated heterocycles. The molecule has 1 aromatic carbocycles. The van der Waals surface area contributed by atoms with E-state index in [2.05, 4.69) is 25.6 Å². The molecule has 0 bridgehead atoms. The van der Waals surface area contributed by atoms with Crippen LogP contribution in [0, 0.1) is 5.41 Å². The number of benzene rings is 1. The SMILES string of the molecule is CC(NC(=S)c1cc(C(F)(F)F)cc(C(F)(F)F)c1)/C(=N/C=N)Nc1ncccn1. The number of amidine groups is 1. The van der Waals surface area contributed by atoms with Gasteiger partial charge in [0.15, 0.2) is 0 Å². The molecular formula is C17H14F6N6S. The van der Waals surface area contributed by atoms with E-state index in [0.717, 1.165) is 0 Å². The minimum absolute atomic E-state index is 0.0196. The van der Waals surface area contributed by atoms with Crippen molar-refractivity contribution in [2.45, 2.75) is 25.3 Å². The number of alkyl halides is 6. The molecule has 1 heterocycles. The Balaban J connectivity index is 2.30. The maximum Gasteiger partial charge on any atom is 0.416 e. The molecule has 0 radical (unpaired) electrons. The number of aliphatic imine (C=N–C) groups is 1. The van der Waals surface area contributed by atoms with Crippen LogP contribution in [0.1, 0.15) is 23.6 Å². The fraction of sp³-hybridized carbons (Fsp3) is 0.235. The van der Waals surface area contributed by atoms with Gasteiger partial charge in [0.05, 0.1) is 17.2 Å². The minimum atomic E-state index is -4.99. The fourth-order valence-corrected chi connectivity index (χ4v) is 2.53. The highest BCUT2D eigenvalue weighted by atomic mass is 32.1. The van der Waals surface area contributed by atoms with Crippen LogP contribution in [0.25, 0.3) is 0 Å². The van der Waals surface area contributed by atoms with Gasteiger partial charge in [-0.3, -0.25) is 5.41 Å². The van der Waals surface area contributed by atoms with Gasteiger partial charge in [-0.05, 0) is 31.2 Å². The van der Waals surface area contributed by atoms with Crippen LogP contribution in [0.5, 0.6) is 0 Å². The Hall–Kier alpha value is -3.09. The summed E-state index contributed by atoms with van der Waals surface area (Å²) in [4.78, 5) is 11.2. The number of aromatic nitrogens is 2. The van der Waals surface area contributed by atoms with Crippen molar-refractivity contribution in [2.24, 2.45) is 4.99 Å². The zero-order chi connectivity index (χ0) is 22.5. The number of thiocarbonyl (C=S) groups is 1. The van der Waals surface area contributed by atoms with E-state index in [4.69, 9.17) is 17.6 Å². The molecule has 6 nitrogen and oxygen atoms in total. The summed E-state index contributed by atoms with van der Waals surface area (Å²) in [5, 5.41) is 12.4. The number of nitrogens with zero attached hydrogens (tertiary/aromatic N) is 3. The van der Waals surface area contributed by atoms with E-state index in [1.54, 1.807) is 6.07 Å². The van der Waals surface area contributed by atoms with Gasteiger partial charge in [-0.2, -0.15) is 26.3 Å². The molecule has 0 aliphatic rings.